The van der Waals surface area contributed by atoms with E-state index in [9.17, 15) is 9.59 Å². The number of hydrogen-bond acceptors (Lipinski definition) is 6. The molecule has 0 bridgehead atoms. The molecule has 1 aromatic heterocycles. The summed E-state index contributed by atoms with van der Waals surface area (Å²) in [5, 5.41) is 5.30. The molecule has 1 aliphatic rings. The Labute approximate surface area is 320 Å². The molecular weight excluding hydrogens is 872 g/mol. The molecule has 1 amide bonds. The molecule has 50 heavy (non-hydrogen) atoms. The van der Waals surface area contributed by atoms with Crippen LogP contribution in [0.4, 0.5) is 5.69 Å². The number of benzene rings is 5. The van der Waals surface area contributed by atoms with Gasteiger partial charge in [-0.2, -0.15) is 0 Å². The average molecular weight is 904 g/mol. The summed E-state index contributed by atoms with van der Waals surface area (Å²) in [7, 11) is 0. The fraction of sp³-hybridized carbons (Fsp3) is 0.125. The Morgan fingerprint density at radius 3 is 2.46 bits per heavy atom. The maximum Gasteiger partial charge on any atom is 0.271 e. The van der Waals surface area contributed by atoms with Crippen LogP contribution in [0.1, 0.15) is 36.6 Å². The molecule has 6 aromatic rings. The van der Waals surface area contributed by atoms with Crippen molar-refractivity contribution < 1.29 is 14.3 Å². The van der Waals surface area contributed by atoms with Crippen LogP contribution in [0.3, 0.4) is 0 Å². The number of carbonyl (C=O) groups is 1. The van der Waals surface area contributed by atoms with Gasteiger partial charge >= 0.3 is 0 Å². The van der Waals surface area contributed by atoms with Crippen LogP contribution in [0.15, 0.2) is 130 Å². The van der Waals surface area contributed by atoms with Gasteiger partial charge in [0.15, 0.2) is 4.80 Å². The highest BCUT2D eigenvalue weighted by molar-refractivity contribution is 14.1. The third-order valence-electron chi connectivity index (χ3n) is 8.38. The first-order valence-electron chi connectivity index (χ1n) is 16.0. The number of rotatable bonds is 9. The van der Waals surface area contributed by atoms with Crippen LogP contribution >= 0.6 is 56.5 Å². The number of nitrogens with zero attached hydrogens (tertiary/aromatic N) is 2. The molecule has 0 fully saturated rings. The van der Waals surface area contributed by atoms with Gasteiger partial charge in [-0.1, -0.05) is 84.1 Å². The largest absolute Gasteiger partial charge is 0.494 e. The number of aromatic nitrogens is 1. The molecule has 250 valence electrons. The fourth-order valence-electron chi connectivity index (χ4n) is 6.11. The lowest BCUT2D eigenvalue weighted by Crippen LogP contribution is -2.40. The van der Waals surface area contributed by atoms with Crippen LogP contribution in [0.25, 0.3) is 16.8 Å². The summed E-state index contributed by atoms with van der Waals surface area (Å²) >= 11 is 5.88. The van der Waals surface area contributed by atoms with Crippen LogP contribution in [0.2, 0.25) is 0 Å². The average Bonchev–Trinajstić information content (AvgIpc) is 3.41. The van der Waals surface area contributed by atoms with Crippen LogP contribution in [-0.4, -0.2) is 17.1 Å². The van der Waals surface area contributed by atoms with E-state index in [1.165, 1.54) is 11.3 Å². The van der Waals surface area contributed by atoms with E-state index in [4.69, 9.17) is 14.5 Å². The minimum Gasteiger partial charge on any atom is -0.494 e. The van der Waals surface area contributed by atoms with E-state index in [-0.39, 0.29) is 11.5 Å². The lowest BCUT2D eigenvalue weighted by atomic mass is 9.95. The predicted octanol–water partition coefficient (Wildman–Crippen LogP) is 8.21. The van der Waals surface area contributed by atoms with Crippen molar-refractivity contribution in [3.8, 4) is 11.5 Å². The monoisotopic (exact) mass is 903 g/mol. The van der Waals surface area contributed by atoms with Crippen molar-refractivity contribution in [1.29, 1.82) is 0 Å². The molecule has 0 saturated carbocycles. The van der Waals surface area contributed by atoms with Crippen molar-refractivity contribution in [1.82, 2.24) is 4.57 Å². The van der Waals surface area contributed by atoms with Crippen molar-refractivity contribution in [3.63, 3.8) is 0 Å². The second-order valence-electron chi connectivity index (χ2n) is 11.6. The second-order valence-corrected chi connectivity index (χ2v) is 15.1. The zero-order valence-electron chi connectivity index (χ0n) is 27.2. The summed E-state index contributed by atoms with van der Waals surface area (Å²) in [5.41, 5.74) is 4.02. The molecule has 1 atom stereocenters. The quantitative estimate of drug-likeness (QED) is 0.149. The van der Waals surface area contributed by atoms with Gasteiger partial charge in [0, 0.05) is 14.8 Å². The minimum absolute atomic E-state index is 0.237. The number of thiazole rings is 1. The molecule has 0 radical (unpaired) electrons. The van der Waals surface area contributed by atoms with Crippen LogP contribution in [-0.2, 0) is 11.4 Å². The third-order valence-corrected chi connectivity index (χ3v) is 10.8. The normalized spacial score (nSPS) is 14.3. The Hall–Kier alpha value is -4.27. The molecule has 0 unspecified atom stereocenters. The highest BCUT2D eigenvalue weighted by Gasteiger charge is 2.32. The number of nitrogens with one attached hydrogen (secondary N) is 1. The number of ether oxygens (including phenoxy) is 2. The van der Waals surface area contributed by atoms with Gasteiger partial charge in [0.2, 0.25) is 0 Å². The number of hydrogen-bond donors (Lipinski definition) is 1. The summed E-state index contributed by atoms with van der Waals surface area (Å²) in [6, 6.07) is 34.7. The number of carbonyl (C=O) groups excluding carboxylic acids is 1. The van der Waals surface area contributed by atoms with E-state index >= 15 is 0 Å². The molecule has 1 N–H and O–H groups in total. The lowest BCUT2D eigenvalue weighted by molar-refractivity contribution is -0.113. The number of anilines is 1. The summed E-state index contributed by atoms with van der Waals surface area (Å²) in [6.07, 6.45) is 1.88. The van der Waals surface area contributed by atoms with E-state index in [1.807, 2.05) is 98.8 Å². The van der Waals surface area contributed by atoms with Crippen molar-refractivity contribution in [2.45, 2.75) is 26.5 Å². The first-order chi connectivity index (χ1) is 24.3. The van der Waals surface area contributed by atoms with Crippen LogP contribution < -0.4 is 29.7 Å². The first kappa shape index (κ1) is 34.2. The first-order valence-corrected chi connectivity index (χ1v) is 19.0. The van der Waals surface area contributed by atoms with Crippen LogP contribution in [0, 0.1) is 7.14 Å². The highest BCUT2D eigenvalue weighted by Crippen LogP contribution is 2.33. The topological polar surface area (TPSA) is 81.9 Å². The molecule has 0 spiro atoms. The number of fused-ring (bicyclic) bond motifs is 2. The number of amides is 1. The van der Waals surface area contributed by atoms with Gasteiger partial charge in [0.05, 0.1) is 32.0 Å². The molecule has 2 heterocycles. The van der Waals surface area contributed by atoms with E-state index in [1.54, 1.807) is 4.57 Å². The number of para-hydroxylation sites is 1. The van der Waals surface area contributed by atoms with Gasteiger partial charge in [0.25, 0.3) is 11.5 Å². The van der Waals surface area contributed by atoms with Crippen molar-refractivity contribution in [2.75, 3.05) is 11.9 Å². The fourth-order valence-corrected chi connectivity index (χ4v) is 9.19. The van der Waals surface area contributed by atoms with E-state index < -0.39 is 6.04 Å². The predicted molar refractivity (Wildman–Crippen MR) is 217 cm³/mol. The Morgan fingerprint density at radius 2 is 1.68 bits per heavy atom. The zero-order valence-corrected chi connectivity index (χ0v) is 32.3. The summed E-state index contributed by atoms with van der Waals surface area (Å²) in [6.45, 7) is 4.65. The standard InChI is InChI=1S/C40H31I2N3O4S/c1-3-48-31-18-16-26(17-19-31)36-35(38(46)44-30-13-5-4-6-14-30)24(2)43-40-45(36)39(47)34(50-40)21-28-20-29(41)22-33(42)37(28)49-23-27-12-9-11-25-10-7-8-15-32(25)27/h4-22,36H,3,23H2,1-2H3,(H,44,46)/b34-21-/t36-/m1/s1. The summed E-state index contributed by atoms with van der Waals surface area (Å²) in [5.74, 6) is 1.10. The molecule has 0 aliphatic carbocycles. The maximum atomic E-state index is 14.5. The summed E-state index contributed by atoms with van der Waals surface area (Å²) < 4.78 is 16.3. The SMILES string of the molecule is CCOc1ccc([C@@H]2C(C(=O)Nc3ccccc3)=C(C)N=c3s/c(=C\c4cc(I)cc(I)c4OCc4cccc5ccccc45)c(=O)n32)cc1. The van der Waals surface area contributed by atoms with Gasteiger partial charge in [-0.05, 0) is 123 Å². The number of allylic oxidation sites excluding steroid dienone is 1. The molecule has 0 saturated heterocycles. The van der Waals surface area contributed by atoms with Gasteiger partial charge in [0.1, 0.15) is 18.1 Å². The molecule has 5 aromatic carbocycles. The van der Waals surface area contributed by atoms with Crippen molar-refractivity contribution in [3.05, 3.63) is 164 Å². The van der Waals surface area contributed by atoms with E-state index in [0.29, 0.717) is 51.0 Å². The van der Waals surface area contributed by atoms with Crippen LogP contribution in [0.5, 0.6) is 11.5 Å². The molecule has 7 nitrogen and oxygen atoms in total. The lowest BCUT2D eigenvalue weighted by Gasteiger charge is -2.25. The van der Waals surface area contributed by atoms with Gasteiger partial charge in [-0.3, -0.25) is 14.2 Å². The second kappa shape index (κ2) is 14.9. The zero-order chi connectivity index (χ0) is 34.8. The van der Waals surface area contributed by atoms with Crippen molar-refractivity contribution in [2.24, 2.45) is 4.99 Å². The molecule has 1 aliphatic heterocycles. The molecule has 10 heteroatoms. The minimum atomic E-state index is -0.703. The van der Waals surface area contributed by atoms with Gasteiger partial charge < -0.3 is 14.8 Å². The highest BCUT2D eigenvalue weighted by atomic mass is 127. The number of halogens is 2. The molecular formula is C40H31I2N3O4S. The van der Waals surface area contributed by atoms with Crippen molar-refractivity contribution >= 4 is 85.0 Å². The van der Waals surface area contributed by atoms with E-state index in [0.717, 1.165) is 34.6 Å². The Morgan fingerprint density at radius 1 is 0.940 bits per heavy atom. The van der Waals surface area contributed by atoms with Gasteiger partial charge in [-0.15, -0.1) is 0 Å². The molecule has 7 rings (SSSR count). The smallest absolute Gasteiger partial charge is 0.271 e. The third kappa shape index (κ3) is 7.01. The Kier molecular flexibility index (Phi) is 10.2. The van der Waals surface area contributed by atoms with Gasteiger partial charge in [-0.25, -0.2) is 4.99 Å². The van der Waals surface area contributed by atoms with E-state index in [2.05, 4.69) is 80.8 Å². The Bertz CT molecular complexity index is 2450. The maximum absolute atomic E-state index is 14.5. The summed E-state index contributed by atoms with van der Waals surface area (Å²) in [4.78, 5) is 33.8. The Balaban J connectivity index is 1.32.